The summed E-state index contributed by atoms with van der Waals surface area (Å²) in [6.45, 7) is 5.45. The van der Waals surface area contributed by atoms with Crippen LogP contribution in [-0.4, -0.2) is 51.4 Å². The van der Waals surface area contributed by atoms with Crippen LogP contribution in [0.1, 0.15) is 31.4 Å². The number of nitrogens with zero attached hydrogens (tertiary/aromatic N) is 2. The van der Waals surface area contributed by atoms with Crippen molar-refractivity contribution in [3.8, 4) is 5.75 Å². The molecule has 0 saturated carbocycles. The van der Waals surface area contributed by atoms with Crippen LogP contribution in [0.5, 0.6) is 5.75 Å². The largest absolute Gasteiger partial charge is 0.494 e. The van der Waals surface area contributed by atoms with Crippen LogP contribution in [0.3, 0.4) is 0 Å². The minimum Gasteiger partial charge on any atom is -0.494 e. The molecule has 2 amide bonds. The predicted molar refractivity (Wildman–Crippen MR) is 148 cm³/mol. The SMILES string of the molecule is CCOc1ccc(S(=O)(=O)N(CC(=O)N(Cc2cccc(C)c2)[C@@H](CC)C(=O)NC)c2ccc(F)cc2)cc1. The fraction of sp³-hybridized carbons (Fsp3) is 0.310. The van der Waals surface area contributed by atoms with E-state index in [2.05, 4.69) is 5.32 Å². The van der Waals surface area contributed by atoms with Crippen LogP contribution in [0.15, 0.2) is 77.7 Å². The second kappa shape index (κ2) is 13.2. The molecule has 39 heavy (non-hydrogen) atoms. The van der Waals surface area contributed by atoms with Crippen molar-refractivity contribution in [3.05, 3.63) is 89.7 Å². The smallest absolute Gasteiger partial charge is 0.264 e. The van der Waals surface area contributed by atoms with Gasteiger partial charge in [-0.05, 0) is 74.4 Å². The normalized spacial score (nSPS) is 11.9. The number of aryl methyl sites for hydroxylation is 1. The molecular formula is C29H34FN3O5S. The highest BCUT2D eigenvalue weighted by Crippen LogP contribution is 2.26. The molecule has 0 fully saturated rings. The molecule has 208 valence electrons. The molecular weight excluding hydrogens is 521 g/mol. The molecule has 0 heterocycles. The minimum absolute atomic E-state index is 0.0633. The summed E-state index contributed by atoms with van der Waals surface area (Å²) in [6.07, 6.45) is 0.319. The van der Waals surface area contributed by atoms with Crippen LogP contribution in [0, 0.1) is 12.7 Å². The molecule has 0 saturated heterocycles. The van der Waals surface area contributed by atoms with Gasteiger partial charge < -0.3 is 15.0 Å². The highest BCUT2D eigenvalue weighted by molar-refractivity contribution is 7.92. The topological polar surface area (TPSA) is 96.0 Å². The summed E-state index contributed by atoms with van der Waals surface area (Å²) >= 11 is 0. The average molecular weight is 556 g/mol. The number of halogens is 1. The maximum absolute atomic E-state index is 13.9. The van der Waals surface area contributed by atoms with Crippen LogP contribution in [0.2, 0.25) is 0 Å². The van der Waals surface area contributed by atoms with Crippen LogP contribution >= 0.6 is 0 Å². The van der Waals surface area contributed by atoms with Crippen LogP contribution in [0.4, 0.5) is 10.1 Å². The number of carbonyl (C=O) groups excluding carboxylic acids is 2. The van der Waals surface area contributed by atoms with Crippen LogP contribution in [0.25, 0.3) is 0 Å². The van der Waals surface area contributed by atoms with Gasteiger partial charge in [0, 0.05) is 13.6 Å². The standard InChI is InChI=1S/C29H34FN3O5S/c1-5-27(29(35)31-4)32(19-22-9-7-8-21(3)18-22)28(34)20-33(24-12-10-23(30)11-13-24)39(36,37)26-16-14-25(15-17-26)38-6-2/h7-18,27H,5-6,19-20H2,1-4H3,(H,31,35)/t27-/m0/s1. The molecule has 8 nitrogen and oxygen atoms in total. The van der Waals surface area contributed by atoms with Gasteiger partial charge in [0.1, 0.15) is 24.2 Å². The Morgan fingerprint density at radius 2 is 1.67 bits per heavy atom. The van der Waals surface area contributed by atoms with Crippen LogP contribution in [-0.2, 0) is 26.2 Å². The average Bonchev–Trinajstić information content (AvgIpc) is 2.92. The highest BCUT2D eigenvalue weighted by Gasteiger charge is 2.33. The van der Waals surface area contributed by atoms with Crippen molar-refractivity contribution in [2.75, 3.05) is 24.5 Å². The predicted octanol–water partition coefficient (Wildman–Crippen LogP) is 4.28. The van der Waals surface area contributed by atoms with E-state index in [1.54, 1.807) is 6.92 Å². The van der Waals surface area contributed by atoms with Crippen molar-refractivity contribution in [3.63, 3.8) is 0 Å². The maximum atomic E-state index is 13.9. The van der Waals surface area contributed by atoms with E-state index in [4.69, 9.17) is 4.74 Å². The third-order valence-electron chi connectivity index (χ3n) is 6.18. The number of nitrogens with one attached hydrogen (secondary N) is 1. The number of hydrogen-bond acceptors (Lipinski definition) is 5. The molecule has 1 N–H and O–H groups in total. The first-order valence-electron chi connectivity index (χ1n) is 12.7. The Labute approximate surface area is 229 Å². The molecule has 0 radical (unpaired) electrons. The first-order valence-corrected chi connectivity index (χ1v) is 14.1. The number of carbonyl (C=O) groups is 2. The van der Waals surface area contributed by atoms with Crippen molar-refractivity contribution >= 4 is 27.5 Å². The van der Waals surface area contributed by atoms with Crippen LogP contribution < -0.4 is 14.4 Å². The fourth-order valence-corrected chi connectivity index (χ4v) is 5.65. The number of amides is 2. The fourth-order valence-electron chi connectivity index (χ4n) is 4.23. The van der Waals surface area contributed by atoms with E-state index in [1.165, 1.54) is 48.3 Å². The summed E-state index contributed by atoms with van der Waals surface area (Å²) in [7, 11) is -2.77. The molecule has 1 atom stereocenters. The molecule has 0 aliphatic heterocycles. The van der Waals surface area contributed by atoms with E-state index in [-0.39, 0.29) is 23.0 Å². The van der Waals surface area contributed by atoms with E-state index in [1.807, 2.05) is 38.1 Å². The Hall–Kier alpha value is -3.92. The number of anilines is 1. The third kappa shape index (κ3) is 7.35. The lowest BCUT2D eigenvalue weighted by Gasteiger charge is -2.33. The van der Waals surface area contributed by atoms with E-state index in [9.17, 15) is 22.4 Å². The highest BCUT2D eigenvalue weighted by atomic mass is 32.2. The summed E-state index contributed by atoms with van der Waals surface area (Å²) in [5.41, 5.74) is 1.90. The number of sulfonamides is 1. The van der Waals surface area contributed by atoms with Gasteiger partial charge in [0.05, 0.1) is 17.2 Å². The van der Waals surface area contributed by atoms with Crippen molar-refractivity contribution in [1.29, 1.82) is 0 Å². The Morgan fingerprint density at radius 1 is 1.00 bits per heavy atom. The van der Waals surface area contributed by atoms with E-state index >= 15 is 0 Å². The lowest BCUT2D eigenvalue weighted by atomic mass is 10.1. The molecule has 0 aromatic heterocycles. The molecule has 0 aliphatic carbocycles. The molecule has 0 bridgehead atoms. The van der Waals surface area contributed by atoms with E-state index in [0.717, 1.165) is 27.6 Å². The summed E-state index contributed by atoms with van der Waals surface area (Å²) in [5.74, 6) is -0.983. The van der Waals surface area contributed by atoms with Gasteiger partial charge in [-0.1, -0.05) is 36.8 Å². The summed E-state index contributed by atoms with van der Waals surface area (Å²) in [4.78, 5) is 27.9. The van der Waals surface area contributed by atoms with Crippen molar-refractivity contribution in [2.24, 2.45) is 0 Å². The number of hydrogen-bond donors (Lipinski definition) is 1. The molecule has 3 aromatic rings. The Bertz CT molecular complexity index is 1380. The summed E-state index contributed by atoms with van der Waals surface area (Å²) in [5, 5.41) is 2.59. The van der Waals surface area contributed by atoms with Crippen molar-refractivity contribution < 1.29 is 27.1 Å². The molecule has 3 rings (SSSR count). The van der Waals surface area contributed by atoms with Crippen molar-refractivity contribution in [1.82, 2.24) is 10.2 Å². The van der Waals surface area contributed by atoms with Gasteiger partial charge >= 0.3 is 0 Å². The molecule has 0 unspecified atom stereocenters. The zero-order chi connectivity index (χ0) is 28.6. The molecule has 3 aromatic carbocycles. The van der Waals surface area contributed by atoms with Gasteiger partial charge in [-0.3, -0.25) is 13.9 Å². The third-order valence-corrected chi connectivity index (χ3v) is 7.97. The second-order valence-electron chi connectivity index (χ2n) is 8.94. The number of likely N-dealkylation sites (N-methyl/N-ethyl adjacent to an activating group) is 1. The van der Waals surface area contributed by atoms with Gasteiger partial charge in [0.2, 0.25) is 11.8 Å². The quantitative estimate of drug-likeness (QED) is 0.360. The monoisotopic (exact) mass is 555 g/mol. The molecule has 10 heteroatoms. The Balaban J connectivity index is 2.04. The van der Waals surface area contributed by atoms with E-state index in [0.29, 0.717) is 18.8 Å². The first-order chi connectivity index (χ1) is 18.6. The Morgan fingerprint density at radius 3 is 2.23 bits per heavy atom. The lowest BCUT2D eigenvalue weighted by molar-refractivity contribution is -0.140. The maximum Gasteiger partial charge on any atom is 0.264 e. The zero-order valence-corrected chi connectivity index (χ0v) is 23.4. The van der Waals surface area contributed by atoms with Gasteiger partial charge in [0.25, 0.3) is 10.0 Å². The van der Waals surface area contributed by atoms with E-state index < -0.39 is 34.3 Å². The number of ether oxygens (including phenoxy) is 1. The lowest BCUT2D eigenvalue weighted by Crippen LogP contribution is -2.51. The van der Waals surface area contributed by atoms with Gasteiger partial charge in [-0.2, -0.15) is 0 Å². The molecule has 0 spiro atoms. The zero-order valence-electron chi connectivity index (χ0n) is 22.6. The minimum atomic E-state index is -4.26. The Kier molecular flexibility index (Phi) is 10.1. The second-order valence-corrected chi connectivity index (χ2v) is 10.8. The van der Waals surface area contributed by atoms with Gasteiger partial charge in [-0.25, -0.2) is 12.8 Å². The summed E-state index contributed by atoms with van der Waals surface area (Å²) < 4.78 is 47.7. The van der Waals surface area contributed by atoms with Crippen molar-refractivity contribution in [2.45, 2.75) is 44.7 Å². The van der Waals surface area contributed by atoms with Gasteiger partial charge in [0.15, 0.2) is 0 Å². The van der Waals surface area contributed by atoms with Gasteiger partial charge in [-0.15, -0.1) is 0 Å². The first kappa shape index (κ1) is 29.6. The number of rotatable bonds is 12. The number of benzene rings is 3. The molecule has 0 aliphatic rings. The summed E-state index contributed by atoms with van der Waals surface area (Å²) in [6, 6.07) is 17.4.